The fourth-order valence-electron chi connectivity index (χ4n) is 4.78. The summed E-state index contributed by atoms with van der Waals surface area (Å²) in [6, 6.07) is 22.5. The molecule has 1 heterocycles. The van der Waals surface area contributed by atoms with Crippen LogP contribution in [0.1, 0.15) is 31.2 Å². The van der Waals surface area contributed by atoms with Crippen LogP contribution >= 0.6 is 0 Å². The molecular formula is C29H31N3O6S. The minimum atomic E-state index is -3.61. The van der Waals surface area contributed by atoms with Gasteiger partial charge in [-0.05, 0) is 54.8 Å². The predicted octanol–water partition coefficient (Wildman–Crippen LogP) is 3.40. The highest BCUT2D eigenvalue weighted by atomic mass is 32.2. The smallest absolute Gasteiger partial charge is 0.265 e. The van der Waals surface area contributed by atoms with Crippen LogP contribution in [0.3, 0.4) is 0 Å². The summed E-state index contributed by atoms with van der Waals surface area (Å²) in [5.74, 6) is 0.115. The number of sulfonamides is 1. The third-order valence-corrected chi connectivity index (χ3v) is 8.39. The second-order valence-corrected chi connectivity index (χ2v) is 11.4. The Morgan fingerprint density at radius 3 is 2.36 bits per heavy atom. The Kier molecular flexibility index (Phi) is 8.13. The van der Waals surface area contributed by atoms with E-state index >= 15 is 0 Å². The van der Waals surface area contributed by atoms with E-state index in [1.165, 1.54) is 29.2 Å². The summed E-state index contributed by atoms with van der Waals surface area (Å²) < 4.78 is 39.6. The molecule has 1 aliphatic heterocycles. The lowest BCUT2D eigenvalue weighted by Gasteiger charge is -2.34. The zero-order valence-electron chi connectivity index (χ0n) is 21.4. The number of fused-ring (bicyclic) bond motifs is 1. The van der Waals surface area contributed by atoms with E-state index in [-0.39, 0.29) is 35.9 Å². The monoisotopic (exact) mass is 549 g/mol. The van der Waals surface area contributed by atoms with Crippen molar-refractivity contribution < 1.29 is 27.5 Å². The molecule has 0 spiro atoms. The molecular weight excluding hydrogens is 518 g/mol. The van der Waals surface area contributed by atoms with Crippen molar-refractivity contribution in [2.24, 2.45) is 0 Å². The van der Waals surface area contributed by atoms with Crippen LogP contribution in [-0.4, -0.2) is 45.5 Å². The zero-order valence-corrected chi connectivity index (χ0v) is 22.2. The number of nitrogens with one attached hydrogen (secondary N) is 2. The zero-order chi connectivity index (χ0) is 27.2. The number of benzene rings is 3. The van der Waals surface area contributed by atoms with Gasteiger partial charge in [-0.1, -0.05) is 55.3 Å². The van der Waals surface area contributed by atoms with Gasteiger partial charge < -0.3 is 19.7 Å². The number of amides is 2. The number of anilines is 1. The normalized spacial score (nSPS) is 17.2. The number of nitrogens with zero attached hydrogens (tertiary/aromatic N) is 1. The van der Waals surface area contributed by atoms with Crippen LogP contribution in [0.5, 0.6) is 11.5 Å². The largest absolute Gasteiger partial charge is 0.484 e. The molecule has 10 heteroatoms. The Morgan fingerprint density at radius 1 is 0.923 bits per heavy atom. The Labute approximate surface area is 228 Å². The SMILES string of the molecule is O=C(NCc1ccccc1)C1CN(C(=O)COc2ccc(S(=O)(=O)NC3CCCC3)cc2)c2ccccc2O1. The van der Waals surface area contributed by atoms with Crippen LogP contribution in [0.25, 0.3) is 0 Å². The summed E-state index contributed by atoms with van der Waals surface area (Å²) in [5, 5.41) is 2.87. The fraction of sp³-hybridized carbons (Fsp3) is 0.310. The molecule has 1 saturated carbocycles. The fourth-order valence-corrected chi connectivity index (χ4v) is 6.08. The van der Waals surface area contributed by atoms with Crippen molar-refractivity contribution in [2.75, 3.05) is 18.1 Å². The van der Waals surface area contributed by atoms with Crippen molar-refractivity contribution in [1.82, 2.24) is 10.0 Å². The van der Waals surface area contributed by atoms with E-state index < -0.39 is 16.1 Å². The van der Waals surface area contributed by atoms with Crippen molar-refractivity contribution in [2.45, 2.75) is 49.3 Å². The predicted molar refractivity (Wildman–Crippen MR) is 146 cm³/mol. The van der Waals surface area contributed by atoms with Crippen molar-refractivity contribution in [3.05, 3.63) is 84.4 Å². The van der Waals surface area contributed by atoms with Crippen molar-refractivity contribution in [3.63, 3.8) is 0 Å². The summed E-state index contributed by atoms with van der Waals surface area (Å²) in [6.45, 7) is 0.0864. The molecule has 2 aliphatic rings. The quantitative estimate of drug-likeness (QED) is 0.423. The maximum absolute atomic E-state index is 13.2. The molecule has 1 atom stereocenters. The molecule has 0 aromatic heterocycles. The first kappa shape index (κ1) is 26.7. The molecule has 2 amide bonds. The van der Waals surface area contributed by atoms with Crippen molar-refractivity contribution in [1.29, 1.82) is 0 Å². The molecule has 3 aromatic carbocycles. The molecule has 9 nitrogen and oxygen atoms in total. The van der Waals surface area contributed by atoms with Gasteiger partial charge in [0, 0.05) is 12.6 Å². The minimum absolute atomic E-state index is 0.0239. The Balaban J connectivity index is 1.21. The Bertz CT molecular complexity index is 1410. The lowest BCUT2D eigenvalue weighted by Crippen LogP contribution is -2.51. The number of para-hydroxylation sites is 2. The van der Waals surface area contributed by atoms with Crippen molar-refractivity contribution in [3.8, 4) is 11.5 Å². The number of carbonyl (C=O) groups excluding carboxylic acids is 2. The number of rotatable bonds is 9. The van der Waals surface area contributed by atoms with Crippen LogP contribution in [-0.2, 0) is 26.2 Å². The molecule has 0 radical (unpaired) electrons. The molecule has 1 unspecified atom stereocenters. The topological polar surface area (TPSA) is 114 Å². The number of carbonyl (C=O) groups is 2. The summed E-state index contributed by atoms with van der Waals surface area (Å²) in [7, 11) is -3.61. The summed E-state index contributed by atoms with van der Waals surface area (Å²) in [5.41, 5.74) is 1.51. The molecule has 3 aromatic rings. The van der Waals surface area contributed by atoms with Crippen molar-refractivity contribution >= 4 is 27.5 Å². The lowest BCUT2D eigenvalue weighted by molar-refractivity contribution is -0.128. The molecule has 2 N–H and O–H groups in total. The highest BCUT2D eigenvalue weighted by Gasteiger charge is 2.34. The van der Waals surface area contributed by atoms with E-state index in [1.807, 2.05) is 30.3 Å². The number of hydrogen-bond acceptors (Lipinski definition) is 6. The Hall–Kier alpha value is -3.89. The number of ether oxygens (including phenoxy) is 2. The summed E-state index contributed by atoms with van der Waals surface area (Å²) >= 11 is 0. The van der Waals surface area contributed by atoms with Crippen LogP contribution in [0.4, 0.5) is 5.69 Å². The van der Waals surface area contributed by atoms with E-state index in [2.05, 4.69) is 10.0 Å². The van der Waals surface area contributed by atoms with Gasteiger partial charge in [-0.25, -0.2) is 13.1 Å². The average Bonchev–Trinajstić information content (AvgIpc) is 3.47. The van der Waals surface area contributed by atoms with E-state index in [0.717, 1.165) is 31.2 Å². The molecule has 0 bridgehead atoms. The van der Waals surface area contributed by atoms with E-state index in [9.17, 15) is 18.0 Å². The van der Waals surface area contributed by atoms with Gasteiger partial charge in [0.05, 0.1) is 17.1 Å². The first-order chi connectivity index (χ1) is 18.9. The van der Waals surface area contributed by atoms with Crippen LogP contribution in [0, 0.1) is 0 Å². The molecule has 1 aliphatic carbocycles. The van der Waals surface area contributed by atoms with Crippen LogP contribution < -0.4 is 24.4 Å². The van der Waals surface area contributed by atoms with Gasteiger partial charge in [0.15, 0.2) is 12.7 Å². The second-order valence-electron chi connectivity index (χ2n) is 9.64. The van der Waals surface area contributed by atoms with E-state index in [0.29, 0.717) is 23.7 Å². The van der Waals surface area contributed by atoms with Gasteiger partial charge in [0.2, 0.25) is 10.0 Å². The third-order valence-electron chi connectivity index (χ3n) is 6.85. The second kappa shape index (κ2) is 11.9. The standard InChI is InChI=1S/C29H31N3O6S/c33-28(20-37-23-14-16-24(17-15-23)39(35,36)31-22-10-4-5-11-22)32-19-27(38-26-13-7-6-12-25(26)32)29(34)30-18-21-8-2-1-3-9-21/h1-3,6-9,12-17,22,27,31H,4-5,10-11,18-20H2,(H,30,34). The molecule has 39 heavy (non-hydrogen) atoms. The maximum atomic E-state index is 13.2. The molecule has 204 valence electrons. The molecule has 0 saturated heterocycles. The first-order valence-corrected chi connectivity index (χ1v) is 14.5. The molecule has 1 fully saturated rings. The van der Waals surface area contributed by atoms with Crippen LogP contribution in [0.2, 0.25) is 0 Å². The van der Waals surface area contributed by atoms with Gasteiger partial charge in [0.1, 0.15) is 11.5 Å². The third kappa shape index (κ3) is 6.58. The summed E-state index contributed by atoms with van der Waals surface area (Å²) in [6.07, 6.45) is 2.87. The summed E-state index contributed by atoms with van der Waals surface area (Å²) in [4.78, 5) is 27.7. The van der Waals surface area contributed by atoms with Gasteiger partial charge in [-0.3, -0.25) is 9.59 Å². The Morgan fingerprint density at radius 2 is 1.62 bits per heavy atom. The van der Waals surface area contributed by atoms with Gasteiger partial charge in [0.25, 0.3) is 11.8 Å². The van der Waals surface area contributed by atoms with Crippen LogP contribution in [0.15, 0.2) is 83.8 Å². The minimum Gasteiger partial charge on any atom is -0.484 e. The highest BCUT2D eigenvalue weighted by molar-refractivity contribution is 7.89. The number of hydrogen-bond donors (Lipinski definition) is 2. The van der Waals surface area contributed by atoms with E-state index in [4.69, 9.17) is 9.47 Å². The first-order valence-electron chi connectivity index (χ1n) is 13.0. The van der Waals surface area contributed by atoms with Gasteiger partial charge in [-0.15, -0.1) is 0 Å². The van der Waals surface area contributed by atoms with Gasteiger partial charge >= 0.3 is 0 Å². The lowest BCUT2D eigenvalue weighted by atomic mass is 10.1. The highest BCUT2D eigenvalue weighted by Crippen LogP contribution is 2.33. The van der Waals surface area contributed by atoms with E-state index in [1.54, 1.807) is 24.3 Å². The average molecular weight is 550 g/mol. The maximum Gasteiger partial charge on any atom is 0.265 e. The molecule has 5 rings (SSSR count). The van der Waals surface area contributed by atoms with Gasteiger partial charge in [-0.2, -0.15) is 0 Å².